The van der Waals surface area contributed by atoms with Crippen LogP contribution in [0.4, 0.5) is 0 Å². The van der Waals surface area contributed by atoms with Gasteiger partial charge in [-0.15, -0.1) is 0 Å². The molecule has 4 aliphatic rings. The average molecular weight is 459 g/mol. The Morgan fingerprint density at radius 2 is 1.55 bits per heavy atom. The maximum absolute atomic E-state index is 12.3. The quantitative estimate of drug-likeness (QED) is 0.403. The molecule has 0 N–H and O–H groups in total. The fourth-order valence-electron chi connectivity index (χ4n) is 9.49. The monoisotopic (exact) mass is 458 g/mol. The molecule has 8 unspecified atom stereocenters. The van der Waals surface area contributed by atoms with Crippen molar-refractivity contribution in [3.63, 3.8) is 0 Å². The highest BCUT2D eigenvalue weighted by Gasteiger charge is 2.69. The third-order valence-electron chi connectivity index (χ3n) is 10.7. The molecule has 0 heterocycles. The highest BCUT2D eigenvalue weighted by Crippen LogP contribution is 2.72. The molecule has 0 aliphatic heterocycles. The van der Waals surface area contributed by atoms with E-state index in [0.717, 1.165) is 25.5 Å². The summed E-state index contributed by atoms with van der Waals surface area (Å²) in [5, 5.41) is 0. The van der Waals surface area contributed by atoms with Gasteiger partial charge in [0, 0.05) is 24.8 Å². The number of ether oxygens (including phenoxy) is 2. The number of carbonyl (C=O) groups is 3. The van der Waals surface area contributed by atoms with Crippen molar-refractivity contribution >= 4 is 18.2 Å². The van der Waals surface area contributed by atoms with Gasteiger partial charge in [-0.2, -0.15) is 0 Å². The fourth-order valence-corrected chi connectivity index (χ4v) is 9.49. The van der Waals surface area contributed by atoms with E-state index in [1.807, 2.05) is 6.08 Å². The molecule has 4 aliphatic carbocycles. The van der Waals surface area contributed by atoms with Crippen LogP contribution in [0.15, 0.2) is 11.6 Å². The molecule has 0 aromatic heterocycles. The molecule has 3 saturated carbocycles. The molecule has 8 atom stereocenters. The van der Waals surface area contributed by atoms with Gasteiger partial charge in [-0.3, -0.25) is 14.4 Å². The van der Waals surface area contributed by atoms with E-state index in [-0.39, 0.29) is 22.7 Å². The van der Waals surface area contributed by atoms with Gasteiger partial charge in [-0.1, -0.05) is 47.1 Å². The molecule has 0 radical (unpaired) electrons. The average Bonchev–Trinajstić information content (AvgIpc) is 2.69. The van der Waals surface area contributed by atoms with E-state index in [1.54, 1.807) is 0 Å². The summed E-state index contributed by atoms with van der Waals surface area (Å²) >= 11 is 0. The van der Waals surface area contributed by atoms with Crippen molar-refractivity contribution in [1.29, 1.82) is 0 Å². The zero-order valence-corrected chi connectivity index (χ0v) is 21.5. The molecule has 4 rings (SSSR count). The van der Waals surface area contributed by atoms with Gasteiger partial charge in [0.25, 0.3) is 0 Å². The Morgan fingerprint density at radius 3 is 2.15 bits per heavy atom. The minimum absolute atomic E-state index is 0.0212. The van der Waals surface area contributed by atoms with Crippen LogP contribution in [-0.2, 0) is 23.9 Å². The number of esters is 2. The lowest BCUT2D eigenvalue weighted by Gasteiger charge is -2.70. The van der Waals surface area contributed by atoms with E-state index >= 15 is 0 Å². The number of hydrogen-bond acceptors (Lipinski definition) is 5. The second kappa shape index (κ2) is 7.95. The minimum atomic E-state index is -0.693. The molecule has 5 nitrogen and oxygen atoms in total. The highest BCUT2D eigenvalue weighted by atomic mass is 16.6. The van der Waals surface area contributed by atoms with Gasteiger partial charge in [0.2, 0.25) is 0 Å². The van der Waals surface area contributed by atoms with E-state index in [2.05, 4.69) is 34.6 Å². The molecule has 184 valence electrons. The normalized spacial score (nSPS) is 46.0. The first kappa shape index (κ1) is 24.5. The Labute approximate surface area is 199 Å². The third-order valence-corrected chi connectivity index (χ3v) is 10.7. The molecule has 33 heavy (non-hydrogen) atoms. The lowest BCUT2D eigenvalue weighted by molar-refractivity contribution is -0.250. The summed E-state index contributed by atoms with van der Waals surface area (Å²) in [7, 11) is 0. The molecule has 0 saturated heterocycles. The van der Waals surface area contributed by atoms with Crippen molar-refractivity contribution in [2.24, 2.45) is 39.4 Å². The minimum Gasteiger partial charge on any atom is -0.462 e. The smallest absolute Gasteiger partial charge is 0.303 e. The molecule has 5 heteroatoms. The summed E-state index contributed by atoms with van der Waals surface area (Å²) in [5.41, 5.74) is 0.375. The van der Waals surface area contributed by atoms with Crippen LogP contribution < -0.4 is 0 Å². The number of rotatable bonds is 3. The van der Waals surface area contributed by atoms with E-state index in [4.69, 9.17) is 9.47 Å². The van der Waals surface area contributed by atoms with Crippen LogP contribution in [0.2, 0.25) is 0 Å². The second-order valence-corrected chi connectivity index (χ2v) is 12.8. The van der Waals surface area contributed by atoms with Gasteiger partial charge in [0.15, 0.2) is 0 Å². The lowest BCUT2D eigenvalue weighted by atomic mass is 9.35. The van der Waals surface area contributed by atoms with Crippen LogP contribution in [-0.4, -0.2) is 30.4 Å². The van der Waals surface area contributed by atoms with Crippen LogP contribution in [0.3, 0.4) is 0 Å². The van der Waals surface area contributed by atoms with Gasteiger partial charge in [-0.05, 0) is 72.5 Å². The molecule has 3 fully saturated rings. The van der Waals surface area contributed by atoms with Crippen molar-refractivity contribution in [1.82, 2.24) is 0 Å². The maximum atomic E-state index is 12.3. The molecular formula is C28H42O5. The fraction of sp³-hybridized carbons (Fsp3) is 0.821. The first-order valence-corrected chi connectivity index (χ1v) is 12.8. The van der Waals surface area contributed by atoms with Crippen LogP contribution >= 0.6 is 0 Å². The SMILES string of the molecule is CC(=O)OC1CC2C3(C)CCCC(C)(C)C3CCC2(C)C2CC=C(C=O)C(OC(C)=O)C12C. The van der Waals surface area contributed by atoms with Crippen LogP contribution in [0.25, 0.3) is 0 Å². The Morgan fingerprint density at radius 1 is 0.909 bits per heavy atom. The second-order valence-electron chi connectivity index (χ2n) is 12.8. The van der Waals surface area contributed by atoms with Gasteiger partial charge in [0.05, 0.1) is 0 Å². The summed E-state index contributed by atoms with van der Waals surface area (Å²) in [6.45, 7) is 14.7. The molecule has 0 amide bonds. The molecule has 0 bridgehead atoms. The summed E-state index contributed by atoms with van der Waals surface area (Å²) < 4.78 is 11.9. The van der Waals surface area contributed by atoms with Crippen molar-refractivity contribution in [2.45, 2.75) is 106 Å². The number of carbonyl (C=O) groups excluding carboxylic acids is 3. The zero-order valence-electron chi connectivity index (χ0n) is 21.5. The molecule has 0 aromatic rings. The van der Waals surface area contributed by atoms with Crippen LogP contribution in [0, 0.1) is 39.4 Å². The lowest BCUT2D eigenvalue weighted by Crippen LogP contribution is -2.68. The number of fused-ring (bicyclic) bond motifs is 5. The Hall–Kier alpha value is -1.65. The van der Waals surface area contributed by atoms with Crippen molar-refractivity contribution < 1.29 is 23.9 Å². The van der Waals surface area contributed by atoms with Gasteiger partial charge in [0.1, 0.15) is 18.5 Å². The van der Waals surface area contributed by atoms with Gasteiger partial charge < -0.3 is 9.47 Å². The zero-order chi connectivity index (χ0) is 24.4. The Bertz CT molecular complexity index is 874. The highest BCUT2D eigenvalue weighted by molar-refractivity contribution is 5.77. The third kappa shape index (κ3) is 3.51. The summed E-state index contributed by atoms with van der Waals surface area (Å²) in [6.07, 6.45) is 9.24. The molecular weight excluding hydrogens is 416 g/mol. The summed E-state index contributed by atoms with van der Waals surface area (Å²) in [4.78, 5) is 36.4. The Balaban J connectivity index is 1.85. The van der Waals surface area contributed by atoms with E-state index in [9.17, 15) is 14.4 Å². The molecule has 0 aromatic carbocycles. The topological polar surface area (TPSA) is 69.7 Å². The van der Waals surface area contributed by atoms with Crippen molar-refractivity contribution in [3.8, 4) is 0 Å². The van der Waals surface area contributed by atoms with Crippen LogP contribution in [0.1, 0.15) is 93.4 Å². The standard InChI is InChI=1S/C28H42O5/c1-17(30)32-23-15-22-26(5)13-8-12-25(3,4)20(26)11-14-27(22,6)21-10-9-19(16-29)24(28(21,23)7)33-18(2)31/h9,16,20-24H,8,10-15H2,1-7H3. The van der Waals surface area contributed by atoms with E-state index in [1.165, 1.54) is 39.5 Å². The molecule has 0 spiro atoms. The van der Waals surface area contributed by atoms with Crippen molar-refractivity contribution in [3.05, 3.63) is 11.6 Å². The first-order chi connectivity index (χ1) is 15.3. The largest absolute Gasteiger partial charge is 0.462 e. The Kier molecular flexibility index (Phi) is 5.90. The number of hydrogen-bond donors (Lipinski definition) is 0. The predicted molar refractivity (Wildman–Crippen MR) is 126 cm³/mol. The van der Waals surface area contributed by atoms with Gasteiger partial charge >= 0.3 is 11.9 Å². The summed E-state index contributed by atoms with van der Waals surface area (Å²) in [6, 6.07) is 0. The van der Waals surface area contributed by atoms with Crippen LogP contribution in [0.5, 0.6) is 0 Å². The first-order valence-electron chi connectivity index (χ1n) is 12.8. The number of allylic oxidation sites excluding steroid dienone is 1. The predicted octanol–water partition coefficient (Wildman–Crippen LogP) is 5.65. The van der Waals surface area contributed by atoms with Gasteiger partial charge in [-0.25, -0.2) is 0 Å². The van der Waals surface area contributed by atoms with E-state index in [0.29, 0.717) is 22.8 Å². The van der Waals surface area contributed by atoms with E-state index < -0.39 is 23.6 Å². The van der Waals surface area contributed by atoms with Crippen molar-refractivity contribution in [2.75, 3.05) is 0 Å². The summed E-state index contributed by atoms with van der Waals surface area (Å²) in [5.74, 6) is 0.494. The maximum Gasteiger partial charge on any atom is 0.303 e. The number of aldehydes is 1.